The third kappa shape index (κ3) is 4.40. The maximum atomic E-state index is 11.9. The molecule has 0 atom stereocenters. The second-order valence-corrected chi connectivity index (χ2v) is 3.55. The molecule has 2 N–H and O–H groups in total. The predicted molar refractivity (Wildman–Crippen MR) is 67.2 cm³/mol. The van der Waals surface area contributed by atoms with E-state index in [1.807, 2.05) is 6.92 Å². The number of amides is 1. The van der Waals surface area contributed by atoms with Crippen molar-refractivity contribution in [3.63, 3.8) is 0 Å². The van der Waals surface area contributed by atoms with E-state index in [0.717, 1.165) is 18.7 Å². The topological polar surface area (TPSA) is 63.2 Å². The number of hydrogen-bond acceptors (Lipinski definition) is 4. The van der Waals surface area contributed by atoms with Crippen LogP contribution < -0.4 is 10.6 Å². The van der Waals surface area contributed by atoms with Crippen molar-refractivity contribution in [1.29, 1.82) is 0 Å². The van der Waals surface area contributed by atoms with E-state index in [1.54, 1.807) is 25.6 Å². The molecule has 0 saturated heterocycles. The molecule has 0 aliphatic carbocycles. The van der Waals surface area contributed by atoms with E-state index in [1.165, 1.54) is 0 Å². The summed E-state index contributed by atoms with van der Waals surface area (Å²) in [5, 5.41) is 5.97. The van der Waals surface area contributed by atoms with Gasteiger partial charge in [-0.3, -0.25) is 9.78 Å². The van der Waals surface area contributed by atoms with Crippen LogP contribution in [0.15, 0.2) is 18.5 Å². The van der Waals surface area contributed by atoms with Crippen LogP contribution in [-0.2, 0) is 4.74 Å². The van der Waals surface area contributed by atoms with Crippen LogP contribution in [0.25, 0.3) is 0 Å². The molecule has 5 nitrogen and oxygen atoms in total. The SMILES string of the molecule is CCNc1ccncc1C(=O)NCCCOC. The quantitative estimate of drug-likeness (QED) is 0.701. The summed E-state index contributed by atoms with van der Waals surface area (Å²) < 4.78 is 4.92. The molecule has 1 aromatic rings. The van der Waals surface area contributed by atoms with Gasteiger partial charge in [0.25, 0.3) is 5.91 Å². The summed E-state index contributed by atoms with van der Waals surface area (Å²) in [6.45, 7) is 4.01. The molecule has 1 heterocycles. The number of aromatic nitrogens is 1. The fourth-order valence-electron chi connectivity index (χ4n) is 1.43. The van der Waals surface area contributed by atoms with Crippen LogP contribution in [0.5, 0.6) is 0 Å². The van der Waals surface area contributed by atoms with Crippen molar-refractivity contribution in [2.75, 3.05) is 32.1 Å². The average Bonchev–Trinajstić information content (AvgIpc) is 2.35. The molecule has 0 fully saturated rings. The number of methoxy groups -OCH3 is 1. The smallest absolute Gasteiger partial charge is 0.254 e. The molecule has 5 heteroatoms. The highest BCUT2D eigenvalue weighted by Gasteiger charge is 2.09. The summed E-state index contributed by atoms with van der Waals surface area (Å²) in [5.74, 6) is -0.106. The fraction of sp³-hybridized carbons (Fsp3) is 0.500. The Balaban J connectivity index is 2.55. The van der Waals surface area contributed by atoms with Crippen LogP contribution in [0.1, 0.15) is 23.7 Å². The summed E-state index contributed by atoms with van der Waals surface area (Å²) in [6, 6.07) is 1.80. The second-order valence-electron chi connectivity index (χ2n) is 3.55. The van der Waals surface area contributed by atoms with Crippen molar-refractivity contribution in [1.82, 2.24) is 10.3 Å². The van der Waals surface area contributed by atoms with Gasteiger partial charge in [0.1, 0.15) is 0 Å². The monoisotopic (exact) mass is 237 g/mol. The van der Waals surface area contributed by atoms with Gasteiger partial charge in [-0.15, -0.1) is 0 Å². The molecule has 1 aromatic heterocycles. The van der Waals surface area contributed by atoms with E-state index in [4.69, 9.17) is 4.74 Å². The zero-order chi connectivity index (χ0) is 12.5. The standard InChI is InChI=1S/C12H19N3O2/c1-3-14-11-5-7-13-9-10(11)12(16)15-6-4-8-17-2/h5,7,9H,3-4,6,8H2,1-2H3,(H,13,14)(H,15,16). The highest BCUT2D eigenvalue weighted by molar-refractivity contribution is 5.99. The minimum Gasteiger partial charge on any atom is -0.385 e. The first-order valence-corrected chi connectivity index (χ1v) is 5.74. The molecule has 1 amide bonds. The molecule has 0 aromatic carbocycles. The van der Waals surface area contributed by atoms with Crippen molar-refractivity contribution in [3.8, 4) is 0 Å². The van der Waals surface area contributed by atoms with Crippen LogP contribution in [0.2, 0.25) is 0 Å². The van der Waals surface area contributed by atoms with Gasteiger partial charge < -0.3 is 15.4 Å². The number of nitrogens with zero attached hydrogens (tertiary/aromatic N) is 1. The Bertz CT molecular complexity index is 355. The number of ether oxygens (including phenoxy) is 1. The van der Waals surface area contributed by atoms with E-state index in [9.17, 15) is 4.79 Å². The largest absolute Gasteiger partial charge is 0.385 e. The van der Waals surface area contributed by atoms with E-state index in [-0.39, 0.29) is 5.91 Å². The van der Waals surface area contributed by atoms with Gasteiger partial charge >= 0.3 is 0 Å². The average molecular weight is 237 g/mol. The normalized spacial score (nSPS) is 10.0. The first kappa shape index (κ1) is 13.4. The lowest BCUT2D eigenvalue weighted by Crippen LogP contribution is -2.26. The van der Waals surface area contributed by atoms with Gasteiger partial charge in [0, 0.05) is 39.2 Å². The summed E-state index contributed by atoms with van der Waals surface area (Å²) in [7, 11) is 1.65. The minimum absolute atomic E-state index is 0.106. The molecule has 0 radical (unpaired) electrons. The summed E-state index contributed by atoms with van der Waals surface area (Å²) in [4.78, 5) is 15.8. The molecule has 0 spiro atoms. The molecule has 0 bridgehead atoms. The molecule has 0 saturated carbocycles. The van der Waals surface area contributed by atoms with Gasteiger partial charge in [0.05, 0.1) is 11.3 Å². The Labute approximate surface area is 102 Å². The number of carbonyl (C=O) groups is 1. The first-order chi connectivity index (χ1) is 8.29. The maximum Gasteiger partial charge on any atom is 0.254 e. The van der Waals surface area contributed by atoms with E-state index >= 15 is 0 Å². The summed E-state index contributed by atoms with van der Waals surface area (Å²) >= 11 is 0. The molecule has 0 aliphatic rings. The van der Waals surface area contributed by atoms with Crippen molar-refractivity contribution in [2.45, 2.75) is 13.3 Å². The molecule has 94 valence electrons. The van der Waals surface area contributed by atoms with Gasteiger partial charge in [-0.2, -0.15) is 0 Å². The van der Waals surface area contributed by atoms with Crippen LogP contribution in [0, 0.1) is 0 Å². The lowest BCUT2D eigenvalue weighted by molar-refractivity contribution is 0.0949. The van der Waals surface area contributed by atoms with Crippen LogP contribution >= 0.6 is 0 Å². The number of hydrogen-bond donors (Lipinski definition) is 2. The van der Waals surface area contributed by atoms with E-state index in [0.29, 0.717) is 18.7 Å². The molecule has 0 unspecified atom stereocenters. The lowest BCUT2D eigenvalue weighted by atomic mass is 10.2. The van der Waals surface area contributed by atoms with Gasteiger partial charge in [0.2, 0.25) is 0 Å². The number of carbonyl (C=O) groups excluding carboxylic acids is 1. The number of anilines is 1. The summed E-state index contributed by atoms with van der Waals surface area (Å²) in [5.41, 5.74) is 1.39. The van der Waals surface area contributed by atoms with E-state index in [2.05, 4.69) is 15.6 Å². The fourth-order valence-corrected chi connectivity index (χ4v) is 1.43. The Morgan fingerprint density at radius 3 is 3.06 bits per heavy atom. The highest BCUT2D eigenvalue weighted by atomic mass is 16.5. The zero-order valence-corrected chi connectivity index (χ0v) is 10.3. The van der Waals surface area contributed by atoms with Crippen molar-refractivity contribution in [3.05, 3.63) is 24.0 Å². The number of nitrogens with one attached hydrogen (secondary N) is 2. The zero-order valence-electron chi connectivity index (χ0n) is 10.3. The van der Waals surface area contributed by atoms with Crippen molar-refractivity contribution < 1.29 is 9.53 Å². The van der Waals surface area contributed by atoms with Gasteiger partial charge in [-0.1, -0.05) is 0 Å². The number of pyridine rings is 1. The molecular weight excluding hydrogens is 218 g/mol. The van der Waals surface area contributed by atoms with Gasteiger partial charge in [0.15, 0.2) is 0 Å². The first-order valence-electron chi connectivity index (χ1n) is 5.74. The minimum atomic E-state index is -0.106. The Morgan fingerprint density at radius 1 is 1.53 bits per heavy atom. The molecule has 17 heavy (non-hydrogen) atoms. The molecule has 0 aliphatic heterocycles. The highest BCUT2D eigenvalue weighted by Crippen LogP contribution is 2.12. The Morgan fingerprint density at radius 2 is 2.35 bits per heavy atom. The van der Waals surface area contributed by atoms with Crippen LogP contribution in [0.4, 0.5) is 5.69 Å². The van der Waals surface area contributed by atoms with Crippen molar-refractivity contribution >= 4 is 11.6 Å². The van der Waals surface area contributed by atoms with E-state index < -0.39 is 0 Å². The summed E-state index contributed by atoms with van der Waals surface area (Å²) in [6.07, 6.45) is 4.04. The third-order valence-electron chi connectivity index (χ3n) is 2.24. The molecular formula is C12H19N3O2. The van der Waals surface area contributed by atoms with Gasteiger partial charge in [-0.25, -0.2) is 0 Å². The number of rotatable bonds is 7. The van der Waals surface area contributed by atoms with Crippen LogP contribution in [-0.4, -0.2) is 37.7 Å². The second kappa shape index (κ2) is 7.62. The Hall–Kier alpha value is -1.62. The maximum absolute atomic E-state index is 11.9. The Kier molecular flexibility index (Phi) is 6.03. The predicted octanol–water partition coefficient (Wildman–Crippen LogP) is 1.28. The van der Waals surface area contributed by atoms with Crippen LogP contribution in [0.3, 0.4) is 0 Å². The van der Waals surface area contributed by atoms with Crippen molar-refractivity contribution in [2.24, 2.45) is 0 Å². The lowest BCUT2D eigenvalue weighted by Gasteiger charge is -2.10. The third-order valence-corrected chi connectivity index (χ3v) is 2.24. The van der Waals surface area contributed by atoms with Gasteiger partial charge in [-0.05, 0) is 19.4 Å². The molecule has 1 rings (SSSR count).